The van der Waals surface area contributed by atoms with Gasteiger partial charge in [-0.15, -0.1) is 0 Å². The third-order valence-electron chi connectivity index (χ3n) is 2.98. The standard InChI is InChI=1S/C15H14Br2Cl2N2/c1-2-5-20-14(11-7-10(18)3-4-13(11)19)15-12(17)6-9(16)8-21-15/h3-4,6-8,14,20H,2,5H2,1H3. The number of nitrogens with zero attached hydrogens (tertiary/aromatic N) is 1. The molecule has 1 aromatic carbocycles. The predicted molar refractivity (Wildman–Crippen MR) is 96.2 cm³/mol. The van der Waals surface area contributed by atoms with Gasteiger partial charge in [-0.1, -0.05) is 30.1 Å². The van der Waals surface area contributed by atoms with Crippen LogP contribution in [-0.4, -0.2) is 11.5 Å². The number of halogens is 4. The van der Waals surface area contributed by atoms with Crippen molar-refractivity contribution < 1.29 is 0 Å². The van der Waals surface area contributed by atoms with Gasteiger partial charge in [0.1, 0.15) is 0 Å². The molecule has 0 bridgehead atoms. The quantitative estimate of drug-likeness (QED) is 0.601. The molecule has 0 aliphatic carbocycles. The first kappa shape index (κ1) is 17.2. The number of pyridine rings is 1. The molecule has 0 amide bonds. The summed E-state index contributed by atoms with van der Waals surface area (Å²) < 4.78 is 1.84. The highest BCUT2D eigenvalue weighted by Crippen LogP contribution is 2.33. The SMILES string of the molecule is CCCNC(c1cc(Cl)ccc1Cl)c1ncc(Br)cc1Br. The zero-order valence-electron chi connectivity index (χ0n) is 11.3. The molecule has 2 nitrogen and oxygen atoms in total. The molecular weight excluding hydrogens is 439 g/mol. The summed E-state index contributed by atoms with van der Waals surface area (Å²) in [6, 6.07) is 7.34. The van der Waals surface area contributed by atoms with Crippen LogP contribution in [0.25, 0.3) is 0 Å². The van der Waals surface area contributed by atoms with Gasteiger partial charge in [-0.25, -0.2) is 0 Å². The third-order valence-corrected chi connectivity index (χ3v) is 4.63. The summed E-state index contributed by atoms with van der Waals surface area (Å²) >= 11 is 19.5. The minimum atomic E-state index is -0.112. The van der Waals surface area contributed by atoms with Crippen LogP contribution in [0.4, 0.5) is 0 Å². The van der Waals surface area contributed by atoms with Crippen molar-refractivity contribution in [2.75, 3.05) is 6.54 Å². The topological polar surface area (TPSA) is 24.9 Å². The molecule has 2 rings (SSSR count). The Morgan fingerprint density at radius 1 is 1.24 bits per heavy atom. The largest absolute Gasteiger partial charge is 0.305 e. The monoisotopic (exact) mass is 450 g/mol. The van der Waals surface area contributed by atoms with E-state index in [4.69, 9.17) is 23.2 Å². The van der Waals surface area contributed by atoms with Gasteiger partial charge in [-0.2, -0.15) is 0 Å². The highest BCUT2D eigenvalue weighted by molar-refractivity contribution is 9.11. The summed E-state index contributed by atoms with van der Waals surface area (Å²) in [5.41, 5.74) is 1.81. The van der Waals surface area contributed by atoms with E-state index in [2.05, 4.69) is 49.1 Å². The zero-order chi connectivity index (χ0) is 15.4. The maximum Gasteiger partial charge on any atom is 0.0777 e. The molecule has 2 aromatic rings. The first-order chi connectivity index (χ1) is 10.0. The van der Waals surface area contributed by atoms with Crippen molar-refractivity contribution in [3.05, 3.63) is 60.7 Å². The van der Waals surface area contributed by atoms with Crippen LogP contribution < -0.4 is 5.32 Å². The van der Waals surface area contributed by atoms with Crippen molar-refractivity contribution in [1.29, 1.82) is 0 Å². The van der Waals surface area contributed by atoms with Crippen LogP contribution in [-0.2, 0) is 0 Å². The van der Waals surface area contributed by atoms with Crippen LogP contribution in [0.15, 0.2) is 39.4 Å². The van der Waals surface area contributed by atoms with E-state index >= 15 is 0 Å². The molecule has 0 aliphatic rings. The minimum absolute atomic E-state index is 0.112. The van der Waals surface area contributed by atoms with E-state index in [9.17, 15) is 0 Å². The molecular formula is C15H14Br2Cl2N2. The first-order valence-electron chi connectivity index (χ1n) is 6.52. The Morgan fingerprint density at radius 3 is 2.67 bits per heavy atom. The molecule has 0 spiro atoms. The van der Waals surface area contributed by atoms with Gasteiger partial charge in [0.25, 0.3) is 0 Å². The smallest absolute Gasteiger partial charge is 0.0777 e. The second-order valence-electron chi connectivity index (χ2n) is 4.57. The van der Waals surface area contributed by atoms with Gasteiger partial charge in [-0.3, -0.25) is 4.98 Å². The van der Waals surface area contributed by atoms with E-state index in [0.717, 1.165) is 33.2 Å². The van der Waals surface area contributed by atoms with Crippen LogP contribution in [0, 0.1) is 0 Å². The fraction of sp³-hybridized carbons (Fsp3) is 0.267. The van der Waals surface area contributed by atoms with E-state index < -0.39 is 0 Å². The van der Waals surface area contributed by atoms with Gasteiger partial charge in [0.05, 0.1) is 11.7 Å². The van der Waals surface area contributed by atoms with Gasteiger partial charge in [0.2, 0.25) is 0 Å². The molecule has 6 heteroatoms. The first-order valence-corrected chi connectivity index (χ1v) is 8.86. The minimum Gasteiger partial charge on any atom is -0.305 e. The van der Waals surface area contributed by atoms with Crippen LogP contribution >= 0.6 is 55.1 Å². The van der Waals surface area contributed by atoms with E-state index in [1.165, 1.54) is 0 Å². The van der Waals surface area contributed by atoms with Gasteiger partial charge in [0.15, 0.2) is 0 Å². The Kier molecular flexibility index (Phi) is 6.51. The van der Waals surface area contributed by atoms with Crippen molar-refractivity contribution in [2.24, 2.45) is 0 Å². The number of benzene rings is 1. The average Bonchev–Trinajstić information content (AvgIpc) is 2.44. The molecule has 0 radical (unpaired) electrons. The second-order valence-corrected chi connectivity index (χ2v) is 7.19. The maximum absolute atomic E-state index is 6.35. The zero-order valence-corrected chi connectivity index (χ0v) is 16.0. The van der Waals surface area contributed by atoms with Crippen LogP contribution in [0.2, 0.25) is 10.0 Å². The Balaban J connectivity index is 2.49. The summed E-state index contributed by atoms with van der Waals surface area (Å²) in [4.78, 5) is 4.52. The fourth-order valence-corrected chi connectivity index (χ4v) is 3.64. The molecule has 0 fully saturated rings. The van der Waals surface area contributed by atoms with Crippen molar-refractivity contribution in [2.45, 2.75) is 19.4 Å². The summed E-state index contributed by atoms with van der Waals surface area (Å²) in [6.07, 6.45) is 2.79. The number of nitrogens with one attached hydrogen (secondary N) is 1. The molecule has 1 heterocycles. The Morgan fingerprint density at radius 2 is 2.00 bits per heavy atom. The maximum atomic E-state index is 6.35. The molecule has 0 saturated heterocycles. The van der Waals surface area contributed by atoms with Gasteiger partial charge in [0, 0.05) is 25.2 Å². The average molecular weight is 453 g/mol. The van der Waals surface area contributed by atoms with Crippen molar-refractivity contribution in [3.63, 3.8) is 0 Å². The molecule has 1 aromatic heterocycles. The van der Waals surface area contributed by atoms with E-state index in [1.807, 2.05) is 18.2 Å². The lowest BCUT2D eigenvalue weighted by Crippen LogP contribution is -2.24. The Hall–Kier alpha value is -0.130. The molecule has 0 aliphatic heterocycles. The summed E-state index contributed by atoms with van der Waals surface area (Å²) in [7, 11) is 0. The normalized spacial score (nSPS) is 12.4. The highest BCUT2D eigenvalue weighted by Gasteiger charge is 2.20. The van der Waals surface area contributed by atoms with Gasteiger partial charge >= 0.3 is 0 Å². The Bertz CT molecular complexity index is 635. The van der Waals surface area contributed by atoms with Gasteiger partial charge in [-0.05, 0) is 74.7 Å². The molecule has 1 atom stereocenters. The summed E-state index contributed by atoms with van der Waals surface area (Å²) in [6.45, 7) is 2.98. The number of rotatable bonds is 5. The molecule has 1 N–H and O–H groups in total. The lowest BCUT2D eigenvalue weighted by molar-refractivity contribution is 0.584. The van der Waals surface area contributed by atoms with Crippen molar-refractivity contribution in [3.8, 4) is 0 Å². The van der Waals surface area contributed by atoms with Crippen molar-refractivity contribution in [1.82, 2.24) is 10.3 Å². The molecule has 1 unspecified atom stereocenters. The third kappa shape index (κ3) is 4.42. The highest BCUT2D eigenvalue weighted by atomic mass is 79.9. The number of aromatic nitrogens is 1. The van der Waals surface area contributed by atoms with Crippen LogP contribution in [0.1, 0.15) is 30.6 Å². The molecule has 112 valence electrons. The van der Waals surface area contributed by atoms with E-state index in [-0.39, 0.29) is 6.04 Å². The second kappa shape index (κ2) is 7.93. The van der Waals surface area contributed by atoms with Crippen LogP contribution in [0.3, 0.4) is 0 Å². The predicted octanol–water partition coefficient (Wildman–Crippen LogP) is 6.00. The van der Waals surface area contributed by atoms with Gasteiger partial charge < -0.3 is 5.32 Å². The van der Waals surface area contributed by atoms with E-state index in [1.54, 1.807) is 12.3 Å². The number of hydrogen-bond acceptors (Lipinski definition) is 2. The Labute approximate surface area is 151 Å². The number of hydrogen-bond donors (Lipinski definition) is 1. The van der Waals surface area contributed by atoms with E-state index in [0.29, 0.717) is 10.0 Å². The molecule has 21 heavy (non-hydrogen) atoms. The lowest BCUT2D eigenvalue weighted by atomic mass is 10.0. The summed E-state index contributed by atoms with van der Waals surface area (Å²) in [5.74, 6) is 0. The lowest BCUT2D eigenvalue weighted by Gasteiger charge is -2.21. The molecule has 0 saturated carbocycles. The van der Waals surface area contributed by atoms with Crippen LogP contribution in [0.5, 0.6) is 0 Å². The fourth-order valence-electron chi connectivity index (χ4n) is 2.02. The van der Waals surface area contributed by atoms with Crippen molar-refractivity contribution >= 4 is 55.1 Å². The summed E-state index contributed by atoms with van der Waals surface area (Å²) in [5, 5.41) is 4.81.